The molecule has 0 aliphatic rings. The molecule has 0 aliphatic heterocycles. The molecule has 0 unspecified atom stereocenters. The lowest BCUT2D eigenvalue weighted by Gasteiger charge is -2.22. The number of carbonyl (C=O) groups excluding carboxylic acids is 1. The van der Waals surface area contributed by atoms with Gasteiger partial charge in [0, 0.05) is 13.1 Å². The van der Waals surface area contributed by atoms with E-state index in [-0.39, 0.29) is 23.9 Å². The average molecular weight is 480 g/mol. The van der Waals surface area contributed by atoms with Crippen LogP contribution in [0.3, 0.4) is 0 Å². The van der Waals surface area contributed by atoms with Crippen LogP contribution in [0.2, 0.25) is 0 Å². The molecule has 0 fully saturated rings. The van der Waals surface area contributed by atoms with Crippen molar-refractivity contribution in [3.8, 4) is 0 Å². The van der Waals surface area contributed by atoms with Crippen molar-refractivity contribution in [1.29, 1.82) is 0 Å². The zero-order valence-corrected chi connectivity index (χ0v) is 20.1. The number of sulfonamides is 1. The van der Waals surface area contributed by atoms with E-state index >= 15 is 0 Å². The van der Waals surface area contributed by atoms with Gasteiger partial charge in [0.15, 0.2) is 0 Å². The predicted molar refractivity (Wildman–Crippen MR) is 131 cm³/mol. The van der Waals surface area contributed by atoms with Crippen LogP contribution in [0.5, 0.6) is 0 Å². The van der Waals surface area contributed by atoms with Gasteiger partial charge >= 0.3 is 0 Å². The normalized spacial score (nSPS) is 11.7. The Bertz CT molecular complexity index is 1370. The van der Waals surface area contributed by atoms with Crippen molar-refractivity contribution >= 4 is 37.5 Å². The molecule has 0 saturated carbocycles. The number of thiazole rings is 1. The SMILES string of the molecule is Cc1ccc(CNC(=O)CN(Cc2ccccc2)S(=O)(=O)c2ccc3nc(C)sc3c2)cc1. The molecule has 6 nitrogen and oxygen atoms in total. The lowest BCUT2D eigenvalue weighted by atomic mass is 10.1. The van der Waals surface area contributed by atoms with Crippen molar-refractivity contribution in [3.05, 3.63) is 94.5 Å². The Kier molecular flexibility index (Phi) is 6.88. The van der Waals surface area contributed by atoms with Crippen LogP contribution in [0.15, 0.2) is 77.7 Å². The summed E-state index contributed by atoms with van der Waals surface area (Å²) in [7, 11) is -3.91. The number of nitrogens with zero attached hydrogens (tertiary/aromatic N) is 2. The number of aromatic nitrogens is 1. The standard InChI is InChI=1S/C25H25N3O3S2/c1-18-8-10-20(11-9-18)15-26-25(29)17-28(16-21-6-4-3-5-7-21)33(30,31)22-12-13-23-24(14-22)32-19(2)27-23/h3-14H,15-17H2,1-2H3,(H,26,29). The number of aryl methyl sites for hydroxylation is 2. The van der Waals surface area contributed by atoms with E-state index in [1.54, 1.807) is 18.2 Å². The highest BCUT2D eigenvalue weighted by molar-refractivity contribution is 7.89. The third-order valence-corrected chi connectivity index (χ3v) is 7.96. The van der Waals surface area contributed by atoms with Gasteiger partial charge in [-0.25, -0.2) is 13.4 Å². The highest BCUT2D eigenvalue weighted by atomic mass is 32.2. The summed E-state index contributed by atoms with van der Waals surface area (Å²) in [6, 6.07) is 22.0. The number of fused-ring (bicyclic) bond motifs is 1. The fourth-order valence-electron chi connectivity index (χ4n) is 3.47. The van der Waals surface area contributed by atoms with Crippen molar-refractivity contribution in [2.24, 2.45) is 0 Å². The maximum atomic E-state index is 13.6. The third-order valence-electron chi connectivity index (χ3n) is 5.24. The monoisotopic (exact) mass is 479 g/mol. The Hall–Kier alpha value is -3.07. The molecule has 170 valence electrons. The molecule has 0 bridgehead atoms. The van der Waals surface area contributed by atoms with Crippen molar-refractivity contribution in [3.63, 3.8) is 0 Å². The van der Waals surface area contributed by atoms with Gasteiger partial charge in [-0.15, -0.1) is 11.3 Å². The summed E-state index contributed by atoms with van der Waals surface area (Å²) in [4.78, 5) is 17.3. The molecule has 1 aromatic heterocycles. The first-order valence-electron chi connectivity index (χ1n) is 10.5. The topological polar surface area (TPSA) is 79.4 Å². The van der Waals surface area contributed by atoms with Crippen LogP contribution in [0.25, 0.3) is 10.2 Å². The van der Waals surface area contributed by atoms with Crippen molar-refractivity contribution < 1.29 is 13.2 Å². The fourth-order valence-corrected chi connectivity index (χ4v) is 5.82. The van der Waals surface area contributed by atoms with Crippen LogP contribution in [0.1, 0.15) is 21.7 Å². The van der Waals surface area contributed by atoms with Crippen molar-refractivity contribution in [2.75, 3.05) is 6.54 Å². The van der Waals surface area contributed by atoms with Gasteiger partial charge in [-0.05, 0) is 43.2 Å². The van der Waals surface area contributed by atoms with Crippen LogP contribution in [-0.2, 0) is 27.9 Å². The maximum Gasteiger partial charge on any atom is 0.243 e. The second kappa shape index (κ2) is 9.82. The van der Waals surface area contributed by atoms with Crippen molar-refractivity contribution in [2.45, 2.75) is 31.8 Å². The van der Waals surface area contributed by atoms with Crippen LogP contribution in [0, 0.1) is 13.8 Å². The Morgan fingerprint density at radius 3 is 2.42 bits per heavy atom. The second-order valence-electron chi connectivity index (χ2n) is 7.88. The molecule has 4 rings (SSSR count). The summed E-state index contributed by atoms with van der Waals surface area (Å²) in [6.07, 6.45) is 0. The molecular weight excluding hydrogens is 454 g/mol. The number of hydrogen-bond acceptors (Lipinski definition) is 5. The number of carbonyl (C=O) groups is 1. The minimum absolute atomic E-state index is 0.0981. The molecular formula is C25H25N3O3S2. The molecule has 1 heterocycles. The summed E-state index contributed by atoms with van der Waals surface area (Å²) in [5, 5.41) is 3.71. The maximum absolute atomic E-state index is 13.6. The van der Waals surface area contributed by atoms with E-state index in [1.165, 1.54) is 15.6 Å². The summed E-state index contributed by atoms with van der Waals surface area (Å²) in [5.74, 6) is -0.357. The Morgan fingerprint density at radius 1 is 0.970 bits per heavy atom. The highest BCUT2D eigenvalue weighted by Gasteiger charge is 2.27. The minimum atomic E-state index is -3.91. The van der Waals surface area contributed by atoms with Crippen LogP contribution < -0.4 is 5.32 Å². The van der Waals surface area contributed by atoms with E-state index < -0.39 is 10.0 Å². The molecule has 1 N–H and O–H groups in total. The molecule has 0 atom stereocenters. The predicted octanol–water partition coefficient (Wildman–Crippen LogP) is 4.42. The van der Waals surface area contributed by atoms with Gasteiger partial charge in [0.05, 0.1) is 26.7 Å². The zero-order chi connectivity index (χ0) is 23.4. The molecule has 0 spiro atoms. The van der Waals surface area contributed by atoms with E-state index in [2.05, 4.69) is 10.3 Å². The Morgan fingerprint density at radius 2 is 1.70 bits per heavy atom. The van der Waals surface area contributed by atoms with Crippen molar-refractivity contribution in [1.82, 2.24) is 14.6 Å². The lowest BCUT2D eigenvalue weighted by molar-refractivity contribution is -0.121. The Balaban J connectivity index is 1.57. The van der Waals surface area contributed by atoms with E-state index in [1.807, 2.05) is 68.4 Å². The van der Waals surface area contributed by atoms with Gasteiger partial charge in [0.25, 0.3) is 0 Å². The lowest BCUT2D eigenvalue weighted by Crippen LogP contribution is -2.40. The number of nitrogens with one attached hydrogen (secondary N) is 1. The van der Waals surface area contributed by atoms with E-state index in [9.17, 15) is 13.2 Å². The number of rotatable bonds is 8. The smallest absolute Gasteiger partial charge is 0.243 e. The van der Waals surface area contributed by atoms with Crippen LogP contribution >= 0.6 is 11.3 Å². The molecule has 4 aromatic rings. The summed E-state index contributed by atoms with van der Waals surface area (Å²) in [6.45, 7) is 4.05. The van der Waals surface area contributed by atoms with Gasteiger partial charge in [0.1, 0.15) is 0 Å². The molecule has 33 heavy (non-hydrogen) atoms. The fraction of sp³-hybridized carbons (Fsp3) is 0.200. The molecule has 0 saturated heterocycles. The minimum Gasteiger partial charge on any atom is -0.351 e. The molecule has 0 aliphatic carbocycles. The largest absolute Gasteiger partial charge is 0.351 e. The summed E-state index contributed by atoms with van der Waals surface area (Å²) >= 11 is 1.45. The first-order chi connectivity index (χ1) is 15.8. The molecule has 1 amide bonds. The van der Waals surface area contributed by atoms with Gasteiger partial charge < -0.3 is 5.32 Å². The number of amides is 1. The number of hydrogen-bond donors (Lipinski definition) is 1. The van der Waals surface area contributed by atoms with Gasteiger partial charge in [-0.3, -0.25) is 4.79 Å². The quantitative estimate of drug-likeness (QED) is 0.406. The van der Waals surface area contributed by atoms with E-state index in [4.69, 9.17) is 0 Å². The average Bonchev–Trinajstić information content (AvgIpc) is 3.18. The van der Waals surface area contributed by atoms with E-state index in [0.717, 1.165) is 31.9 Å². The van der Waals surface area contributed by atoms with E-state index in [0.29, 0.717) is 6.54 Å². The Labute approximate surface area is 198 Å². The van der Waals surface area contributed by atoms with Crippen LogP contribution in [0.4, 0.5) is 0 Å². The number of benzene rings is 3. The molecule has 0 radical (unpaired) electrons. The highest BCUT2D eigenvalue weighted by Crippen LogP contribution is 2.27. The first-order valence-corrected chi connectivity index (χ1v) is 12.8. The zero-order valence-electron chi connectivity index (χ0n) is 18.5. The molecule has 3 aromatic carbocycles. The first kappa shape index (κ1) is 23.1. The summed E-state index contributed by atoms with van der Waals surface area (Å²) in [5.41, 5.74) is 3.67. The van der Waals surface area contributed by atoms with Gasteiger partial charge in [-0.1, -0.05) is 60.2 Å². The second-order valence-corrected chi connectivity index (χ2v) is 11.1. The summed E-state index contributed by atoms with van der Waals surface area (Å²) < 4.78 is 29.2. The van der Waals surface area contributed by atoms with Gasteiger partial charge in [-0.2, -0.15) is 4.31 Å². The van der Waals surface area contributed by atoms with Gasteiger partial charge in [0.2, 0.25) is 15.9 Å². The third kappa shape index (κ3) is 5.65. The van der Waals surface area contributed by atoms with Crippen LogP contribution in [-0.4, -0.2) is 30.2 Å². The molecule has 8 heteroatoms.